The molecule has 2 aliphatic rings. The number of nitrogens with zero attached hydrogens (tertiary/aromatic N) is 2. The second-order valence-electron chi connectivity index (χ2n) is 5.87. The molecular weight excluding hydrogens is 254 g/mol. The van der Waals surface area contributed by atoms with Crippen LogP contribution in [0.5, 0.6) is 0 Å². The van der Waals surface area contributed by atoms with Gasteiger partial charge < -0.3 is 5.32 Å². The van der Waals surface area contributed by atoms with E-state index >= 15 is 0 Å². The van der Waals surface area contributed by atoms with Gasteiger partial charge in [-0.15, -0.1) is 0 Å². The lowest BCUT2D eigenvalue weighted by atomic mass is 9.85. The molecule has 3 rings (SSSR count). The van der Waals surface area contributed by atoms with Crippen molar-refractivity contribution in [2.24, 2.45) is 5.92 Å². The molecule has 1 saturated carbocycles. The molecule has 0 radical (unpaired) electrons. The van der Waals surface area contributed by atoms with Crippen LogP contribution < -0.4 is 5.32 Å². The standard InChI is InChI=1S/C15H23N3S/c1-10-13-7-11(8-16-12-4-5-12)3-6-14(13)18-15(17-10)9-19-2/h11-12,16H,3-9H2,1-2H3. The highest BCUT2D eigenvalue weighted by Gasteiger charge is 2.25. The maximum Gasteiger partial charge on any atom is 0.138 e. The normalized spacial score (nSPS) is 22.3. The minimum atomic E-state index is 0.779. The van der Waals surface area contributed by atoms with Crippen molar-refractivity contribution in [1.82, 2.24) is 15.3 Å². The summed E-state index contributed by atoms with van der Waals surface area (Å²) in [6.45, 7) is 3.33. The van der Waals surface area contributed by atoms with Gasteiger partial charge in [-0.25, -0.2) is 9.97 Å². The van der Waals surface area contributed by atoms with Crippen LogP contribution in [0.3, 0.4) is 0 Å². The van der Waals surface area contributed by atoms with Crippen molar-refractivity contribution in [2.75, 3.05) is 12.8 Å². The second-order valence-corrected chi connectivity index (χ2v) is 6.74. The average Bonchev–Trinajstić information content (AvgIpc) is 3.21. The first-order valence-electron chi connectivity index (χ1n) is 7.34. The SMILES string of the molecule is CSCc1nc(C)c2c(n1)CCC(CNC1CC1)C2. The summed E-state index contributed by atoms with van der Waals surface area (Å²) in [7, 11) is 0. The van der Waals surface area contributed by atoms with Crippen LogP contribution in [0.15, 0.2) is 0 Å². The van der Waals surface area contributed by atoms with Crippen LogP contribution in [0.4, 0.5) is 0 Å². The van der Waals surface area contributed by atoms with Gasteiger partial charge in [0.1, 0.15) is 5.82 Å². The molecule has 0 saturated heterocycles. The van der Waals surface area contributed by atoms with E-state index in [4.69, 9.17) is 4.98 Å². The van der Waals surface area contributed by atoms with E-state index in [1.165, 1.54) is 49.2 Å². The lowest BCUT2D eigenvalue weighted by molar-refractivity contribution is 0.416. The van der Waals surface area contributed by atoms with Gasteiger partial charge in [0.05, 0.1) is 5.75 Å². The molecule has 1 heterocycles. The average molecular weight is 277 g/mol. The first-order chi connectivity index (χ1) is 9.26. The van der Waals surface area contributed by atoms with Gasteiger partial charge in [-0.05, 0) is 63.3 Å². The van der Waals surface area contributed by atoms with Crippen LogP contribution >= 0.6 is 11.8 Å². The zero-order valence-corrected chi connectivity index (χ0v) is 12.7. The predicted molar refractivity (Wildman–Crippen MR) is 80.5 cm³/mol. The topological polar surface area (TPSA) is 37.8 Å². The first kappa shape index (κ1) is 13.4. The largest absolute Gasteiger partial charge is 0.314 e. The van der Waals surface area contributed by atoms with Crippen LogP contribution in [0, 0.1) is 12.8 Å². The molecule has 104 valence electrons. The van der Waals surface area contributed by atoms with Gasteiger partial charge in [-0.3, -0.25) is 0 Å². The Bertz CT molecular complexity index is 457. The van der Waals surface area contributed by atoms with Crippen molar-refractivity contribution in [2.45, 2.75) is 50.8 Å². The van der Waals surface area contributed by atoms with E-state index in [0.717, 1.165) is 30.0 Å². The smallest absolute Gasteiger partial charge is 0.138 e. The molecule has 1 N–H and O–H groups in total. The fraction of sp³-hybridized carbons (Fsp3) is 0.733. The highest BCUT2D eigenvalue weighted by molar-refractivity contribution is 7.97. The van der Waals surface area contributed by atoms with E-state index in [9.17, 15) is 0 Å². The van der Waals surface area contributed by atoms with Crippen molar-refractivity contribution in [3.8, 4) is 0 Å². The number of aryl methyl sites for hydroxylation is 2. The summed E-state index contributed by atoms with van der Waals surface area (Å²) in [6, 6.07) is 0.822. The molecule has 2 aliphatic carbocycles. The van der Waals surface area contributed by atoms with E-state index in [1.54, 1.807) is 11.8 Å². The molecule has 1 aromatic rings. The van der Waals surface area contributed by atoms with Crippen molar-refractivity contribution in [1.29, 1.82) is 0 Å². The van der Waals surface area contributed by atoms with Crippen molar-refractivity contribution >= 4 is 11.8 Å². The van der Waals surface area contributed by atoms with Gasteiger partial charge in [-0.1, -0.05) is 0 Å². The molecule has 1 atom stereocenters. The maximum atomic E-state index is 4.75. The number of rotatable bonds is 5. The van der Waals surface area contributed by atoms with E-state index in [-0.39, 0.29) is 0 Å². The Hall–Kier alpha value is -0.610. The molecule has 0 bridgehead atoms. The highest BCUT2D eigenvalue weighted by Crippen LogP contribution is 2.27. The Kier molecular flexibility index (Phi) is 4.08. The molecule has 1 unspecified atom stereocenters. The number of nitrogens with one attached hydrogen (secondary N) is 1. The Balaban J connectivity index is 1.69. The number of hydrogen-bond donors (Lipinski definition) is 1. The molecule has 0 aliphatic heterocycles. The fourth-order valence-corrected chi connectivity index (χ4v) is 3.30. The summed E-state index contributed by atoms with van der Waals surface area (Å²) in [6.07, 6.45) is 8.45. The zero-order chi connectivity index (χ0) is 13.2. The van der Waals surface area contributed by atoms with Gasteiger partial charge in [0, 0.05) is 17.4 Å². The van der Waals surface area contributed by atoms with Gasteiger partial charge in [0.25, 0.3) is 0 Å². The predicted octanol–water partition coefficient (Wildman–Crippen LogP) is 2.50. The van der Waals surface area contributed by atoms with Crippen LogP contribution in [-0.4, -0.2) is 28.8 Å². The summed E-state index contributed by atoms with van der Waals surface area (Å²) < 4.78 is 0. The number of thioether (sulfide) groups is 1. The van der Waals surface area contributed by atoms with E-state index in [2.05, 4.69) is 23.5 Å². The van der Waals surface area contributed by atoms with Crippen molar-refractivity contribution in [3.05, 3.63) is 22.8 Å². The van der Waals surface area contributed by atoms with Crippen molar-refractivity contribution in [3.63, 3.8) is 0 Å². The third-order valence-electron chi connectivity index (χ3n) is 4.17. The van der Waals surface area contributed by atoms with E-state index in [0.29, 0.717) is 0 Å². The summed E-state index contributed by atoms with van der Waals surface area (Å²) >= 11 is 1.80. The van der Waals surface area contributed by atoms with Crippen LogP contribution in [0.2, 0.25) is 0 Å². The minimum absolute atomic E-state index is 0.779. The molecular formula is C15H23N3S. The Morgan fingerprint density at radius 1 is 1.26 bits per heavy atom. The summed E-state index contributed by atoms with van der Waals surface area (Å²) in [5.41, 5.74) is 3.96. The molecule has 3 nitrogen and oxygen atoms in total. The molecule has 19 heavy (non-hydrogen) atoms. The minimum Gasteiger partial charge on any atom is -0.314 e. The fourth-order valence-electron chi connectivity index (χ4n) is 2.91. The molecule has 4 heteroatoms. The first-order valence-corrected chi connectivity index (χ1v) is 8.73. The van der Waals surface area contributed by atoms with Gasteiger partial charge in [0.15, 0.2) is 0 Å². The van der Waals surface area contributed by atoms with E-state index < -0.39 is 0 Å². The molecule has 0 amide bonds. The second kappa shape index (κ2) is 5.80. The lowest BCUT2D eigenvalue weighted by Gasteiger charge is -2.25. The maximum absolute atomic E-state index is 4.75. The molecule has 1 aromatic heterocycles. The van der Waals surface area contributed by atoms with Crippen LogP contribution in [0.1, 0.15) is 42.0 Å². The molecule has 0 aromatic carbocycles. The Morgan fingerprint density at radius 2 is 2.11 bits per heavy atom. The number of aromatic nitrogens is 2. The lowest BCUT2D eigenvalue weighted by Crippen LogP contribution is -2.29. The number of fused-ring (bicyclic) bond motifs is 1. The summed E-state index contributed by atoms with van der Waals surface area (Å²) in [4.78, 5) is 9.42. The van der Waals surface area contributed by atoms with Gasteiger partial charge >= 0.3 is 0 Å². The highest BCUT2D eigenvalue weighted by atomic mass is 32.2. The quantitative estimate of drug-likeness (QED) is 0.897. The monoisotopic (exact) mass is 277 g/mol. The Labute approximate surface area is 120 Å². The van der Waals surface area contributed by atoms with Gasteiger partial charge in [-0.2, -0.15) is 11.8 Å². The van der Waals surface area contributed by atoms with Crippen LogP contribution in [-0.2, 0) is 18.6 Å². The third-order valence-corrected chi connectivity index (χ3v) is 4.72. The van der Waals surface area contributed by atoms with Crippen LogP contribution in [0.25, 0.3) is 0 Å². The van der Waals surface area contributed by atoms with Crippen molar-refractivity contribution < 1.29 is 0 Å². The number of hydrogen-bond acceptors (Lipinski definition) is 4. The van der Waals surface area contributed by atoms with E-state index in [1.807, 2.05) is 0 Å². The summed E-state index contributed by atoms with van der Waals surface area (Å²) in [5.74, 6) is 2.72. The molecule has 0 spiro atoms. The third kappa shape index (κ3) is 3.29. The summed E-state index contributed by atoms with van der Waals surface area (Å²) in [5, 5.41) is 3.66. The zero-order valence-electron chi connectivity index (χ0n) is 11.9. The molecule has 1 fully saturated rings. The van der Waals surface area contributed by atoms with Gasteiger partial charge in [0.2, 0.25) is 0 Å². The Morgan fingerprint density at radius 3 is 2.84 bits per heavy atom.